The number of nitrogens with zero attached hydrogens (tertiary/aromatic N) is 1. The molecule has 1 aromatic rings. The van der Waals surface area contributed by atoms with Crippen LogP contribution in [0.3, 0.4) is 0 Å². The second-order valence-corrected chi connectivity index (χ2v) is 3.52. The molecule has 0 aliphatic heterocycles. The number of aryl methyl sites for hydroxylation is 1. The number of ether oxygens (including phenoxy) is 1. The Kier molecular flexibility index (Phi) is 4.14. The van der Waals surface area contributed by atoms with Crippen LogP contribution in [-0.4, -0.2) is 24.3 Å². The lowest BCUT2D eigenvalue weighted by molar-refractivity contribution is 0.132. The molecule has 0 aliphatic carbocycles. The summed E-state index contributed by atoms with van der Waals surface area (Å²) in [6, 6.07) is 0. The van der Waals surface area contributed by atoms with Crippen molar-refractivity contribution in [1.82, 2.24) is 4.57 Å². The van der Waals surface area contributed by atoms with Gasteiger partial charge in [-0.15, -0.1) is 0 Å². The first kappa shape index (κ1) is 10.4. The van der Waals surface area contributed by atoms with Gasteiger partial charge in [0.15, 0.2) is 0 Å². The Balaban J connectivity index is 2.40. The highest BCUT2D eigenvalue weighted by Crippen LogP contribution is 1.98. The third kappa shape index (κ3) is 2.95. The number of aromatic nitrogens is 1. The van der Waals surface area contributed by atoms with Gasteiger partial charge >= 0.3 is 4.87 Å². The van der Waals surface area contributed by atoms with Crippen LogP contribution in [0.15, 0.2) is 10.2 Å². The van der Waals surface area contributed by atoms with E-state index in [2.05, 4.69) is 0 Å². The quantitative estimate of drug-likeness (QED) is 0.694. The Morgan fingerprint density at radius 3 is 2.92 bits per heavy atom. The molecule has 5 heteroatoms. The minimum atomic E-state index is 0.0776. The van der Waals surface area contributed by atoms with E-state index in [4.69, 9.17) is 10.5 Å². The second kappa shape index (κ2) is 5.16. The van der Waals surface area contributed by atoms with Crippen molar-refractivity contribution in [2.24, 2.45) is 5.73 Å². The lowest BCUT2D eigenvalue weighted by Gasteiger charge is -2.04. The zero-order valence-corrected chi connectivity index (χ0v) is 8.47. The van der Waals surface area contributed by atoms with Crippen LogP contribution in [-0.2, 0) is 11.3 Å². The third-order valence-electron chi connectivity index (χ3n) is 1.70. The van der Waals surface area contributed by atoms with E-state index >= 15 is 0 Å². The zero-order valence-electron chi connectivity index (χ0n) is 7.66. The van der Waals surface area contributed by atoms with Crippen molar-refractivity contribution < 1.29 is 4.74 Å². The molecule has 1 rings (SSSR count). The fourth-order valence-electron chi connectivity index (χ4n) is 1.02. The molecule has 0 amide bonds. The minimum Gasteiger partial charge on any atom is -0.378 e. The van der Waals surface area contributed by atoms with Gasteiger partial charge in [-0.2, -0.15) is 0 Å². The first-order chi connectivity index (χ1) is 6.25. The fraction of sp³-hybridized carbons (Fsp3) is 0.625. The molecule has 0 aliphatic rings. The summed E-state index contributed by atoms with van der Waals surface area (Å²) in [4.78, 5) is 11.3. The summed E-state index contributed by atoms with van der Waals surface area (Å²) in [5, 5.41) is 1.85. The Morgan fingerprint density at radius 1 is 1.62 bits per heavy atom. The summed E-state index contributed by atoms with van der Waals surface area (Å²) < 4.78 is 6.90. The zero-order chi connectivity index (χ0) is 9.68. The SMILES string of the molecule is Cc1csc(=O)n1CCOCCN. The predicted molar refractivity (Wildman–Crippen MR) is 53.2 cm³/mol. The molecule has 0 fully saturated rings. The van der Waals surface area contributed by atoms with Gasteiger partial charge in [-0.1, -0.05) is 11.3 Å². The van der Waals surface area contributed by atoms with Gasteiger partial charge in [-0.3, -0.25) is 4.79 Å². The van der Waals surface area contributed by atoms with Crippen LogP contribution in [0.4, 0.5) is 0 Å². The minimum absolute atomic E-state index is 0.0776. The number of hydrogen-bond donors (Lipinski definition) is 1. The Labute approximate surface area is 80.9 Å². The average molecular weight is 202 g/mol. The Morgan fingerprint density at radius 2 is 2.38 bits per heavy atom. The van der Waals surface area contributed by atoms with Gasteiger partial charge in [0.05, 0.1) is 19.8 Å². The Hall–Kier alpha value is -0.650. The second-order valence-electron chi connectivity index (χ2n) is 2.70. The van der Waals surface area contributed by atoms with Gasteiger partial charge in [0, 0.05) is 17.6 Å². The summed E-state index contributed by atoms with van der Waals surface area (Å²) >= 11 is 1.22. The monoisotopic (exact) mass is 202 g/mol. The Bertz CT molecular complexity index is 305. The number of rotatable bonds is 5. The molecule has 0 spiro atoms. The summed E-state index contributed by atoms with van der Waals surface area (Å²) in [5.41, 5.74) is 6.25. The highest BCUT2D eigenvalue weighted by Gasteiger charge is 2.00. The van der Waals surface area contributed by atoms with E-state index in [-0.39, 0.29) is 4.87 Å². The van der Waals surface area contributed by atoms with E-state index in [0.29, 0.717) is 26.3 Å². The summed E-state index contributed by atoms with van der Waals surface area (Å²) in [6.45, 7) is 4.17. The molecule has 0 unspecified atom stereocenters. The molecule has 4 nitrogen and oxygen atoms in total. The van der Waals surface area contributed by atoms with E-state index in [0.717, 1.165) is 5.69 Å². The third-order valence-corrected chi connectivity index (χ3v) is 2.58. The van der Waals surface area contributed by atoms with Crippen LogP contribution in [0.2, 0.25) is 0 Å². The molecule has 0 saturated heterocycles. The fourth-order valence-corrected chi connectivity index (χ4v) is 1.78. The summed E-state index contributed by atoms with van der Waals surface area (Å²) in [5.74, 6) is 0. The van der Waals surface area contributed by atoms with Crippen LogP contribution >= 0.6 is 11.3 Å². The molecule has 13 heavy (non-hydrogen) atoms. The topological polar surface area (TPSA) is 57.2 Å². The predicted octanol–water partition coefficient (Wildman–Crippen LogP) is 0.194. The average Bonchev–Trinajstić information content (AvgIpc) is 2.42. The highest BCUT2D eigenvalue weighted by molar-refractivity contribution is 7.07. The highest BCUT2D eigenvalue weighted by atomic mass is 32.1. The van der Waals surface area contributed by atoms with Crippen molar-refractivity contribution in [3.8, 4) is 0 Å². The molecule has 0 bridgehead atoms. The molecule has 2 N–H and O–H groups in total. The maximum atomic E-state index is 11.2. The molecule has 74 valence electrons. The lowest BCUT2D eigenvalue weighted by Crippen LogP contribution is -2.19. The van der Waals surface area contributed by atoms with Crippen molar-refractivity contribution in [2.75, 3.05) is 19.8 Å². The van der Waals surface area contributed by atoms with Gasteiger partial charge in [0.2, 0.25) is 0 Å². The molecule has 0 aromatic carbocycles. The largest absolute Gasteiger partial charge is 0.378 e. The van der Waals surface area contributed by atoms with Crippen molar-refractivity contribution >= 4 is 11.3 Å². The molecule has 0 atom stereocenters. The number of thiazole rings is 1. The van der Waals surface area contributed by atoms with Gasteiger partial charge in [0.1, 0.15) is 0 Å². The van der Waals surface area contributed by atoms with Crippen molar-refractivity contribution in [1.29, 1.82) is 0 Å². The molecule has 1 heterocycles. The summed E-state index contributed by atoms with van der Waals surface area (Å²) in [6.07, 6.45) is 0. The van der Waals surface area contributed by atoms with Crippen LogP contribution in [0.5, 0.6) is 0 Å². The lowest BCUT2D eigenvalue weighted by atomic mass is 10.5. The summed E-state index contributed by atoms with van der Waals surface area (Å²) in [7, 11) is 0. The van der Waals surface area contributed by atoms with Crippen LogP contribution in [0, 0.1) is 6.92 Å². The van der Waals surface area contributed by atoms with Crippen LogP contribution < -0.4 is 10.6 Å². The number of nitrogens with two attached hydrogens (primary N) is 1. The van der Waals surface area contributed by atoms with E-state index in [1.165, 1.54) is 11.3 Å². The first-order valence-electron chi connectivity index (χ1n) is 4.18. The normalized spacial score (nSPS) is 10.6. The van der Waals surface area contributed by atoms with E-state index < -0.39 is 0 Å². The molecular weight excluding hydrogens is 188 g/mol. The van der Waals surface area contributed by atoms with Crippen molar-refractivity contribution in [3.05, 3.63) is 20.7 Å². The van der Waals surface area contributed by atoms with Gasteiger partial charge in [-0.25, -0.2) is 0 Å². The molecular formula is C8H14N2O2S. The van der Waals surface area contributed by atoms with Crippen LogP contribution in [0.25, 0.3) is 0 Å². The van der Waals surface area contributed by atoms with Gasteiger partial charge in [0.25, 0.3) is 0 Å². The smallest absolute Gasteiger partial charge is 0.307 e. The van der Waals surface area contributed by atoms with Crippen LogP contribution in [0.1, 0.15) is 5.69 Å². The van der Waals surface area contributed by atoms with Crippen molar-refractivity contribution in [2.45, 2.75) is 13.5 Å². The first-order valence-corrected chi connectivity index (χ1v) is 5.06. The number of hydrogen-bond acceptors (Lipinski definition) is 4. The molecule has 0 radical (unpaired) electrons. The maximum absolute atomic E-state index is 11.2. The van der Waals surface area contributed by atoms with Crippen molar-refractivity contribution in [3.63, 3.8) is 0 Å². The van der Waals surface area contributed by atoms with E-state index in [9.17, 15) is 4.79 Å². The molecule has 1 aromatic heterocycles. The standard InChI is InChI=1S/C8H14N2O2S/c1-7-6-13-8(11)10(7)3-5-12-4-2-9/h6H,2-5,9H2,1H3. The maximum Gasteiger partial charge on any atom is 0.307 e. The van der Waals surface area contributed by atoms with E-state index in [1.54, 1.807) is 4.57 Å². The molecule has 0 saturated carbocycles. The van der Waals surface area contributed by atoms with Gasteiger partial charge < -0.3 is 15.0 Å². The van der Waals surface area contributed by atoms with Gasteiger partial charge in [-0.05, 0) is 6.92 Å². The van der Waals surface area contributed by atoms with E-state index in [1.807, 2.05) is 12.3 Å².